The van der Waals surface area contributed by atoms with Crippen LogP contribution in [0.5, 0.6) is 0 Å². The second-order valence-electron chi connectivity index (χ2n) is 13.8. The number of hydrogen-bond acceptors (Lipinski definition) is 4. The molecule has 0 aromatic heterocycles. The first-order valence-electron chi connectivity index (χ1n) is 13.6. The lowest BCUT2D eigenvalue weighted by Crippen LogP contribution is -2.58. The Morgan fingerprint density at radius 3 is 2.00 bits per heavy atom. The molecule has 5 aliphatic carbocycles. The molecule has 5 aliphatic rings. The molecule has 4 heteroatoms. The van der Waals surface area contributed by atoms with Crippen LogP contribution in [0, 0.1) is 39.4 Å². The van der Waals surface area contributed by atoms with Gasteiger partial charge in [0, 0.05) is 23.7 Å². The average Bonchev–Trinajstić information content (AvgIpc) is 2.71. The van der Waals surface area contributed by atoms with Gasteiger partial charge in [0.05, 0.1) is 5.41 Å². The number of carbonyl (C=O) groups is 3. The lowest BCUT2D eigenvalue weighted by Gasteiger charge is -2.63. The van der Waals surface area contributed by atoms with Crippen molar-refractivity contribution in [1.29, 1.82) is 0 Å². The SMILES string of the molecule is CCC(C)(CC(C)(C)C(=O)OC1CCCC(=O)C1)C(=O)C(C)(C)C12CC3CC(CC(C3)C1)C2. The third kappa shape index (κ3) is 4.45. The first kappa shape index (κ1) is 24.9. The first-order valence-corrected chi connectivity index (χ1v) is 13.6. The summed E-state index contributed by atoms with van der Waals surface area (Å²) in [6.45, 7) is 12.4. The summed E-state index contributed by atoms with van der Waals surface area (Å²) < 4.78 is 5.81. The van der Waals surface area contributed by atoms with E-state index in [1.165, 1.54) is 38.5 Å². The molecule has 0 radical (unpaired) electrons. The van der Waals surface area contributed by atoms with Crippen LogP contribution in [0.2, 0.25) is 0 Å². The van der Waals surface area contributed by atoms with E-state index in [-0.39, 0.29) is 28.7 Å². The molecule has 4 bridgehead atoms. The van der Waals surface area contributed by atoms with Gasteiger partial charge in [-0.1, -0.05) is 27.7 Å². The Hall–Kier alpha value is -1.19. The maximum atomic E-state index is 14.4. The van der Waals surface area contributed by atoms with Crippen molar-refractivity contribution < 1.29 is 19.1 Å². The van der Waals surface area contributed by atoms with Crippen LogP contribution in [0.4, 0.5) is 0 Å². The van der Waals surface area contributed by atoms with E-state index in [1.54, 1.807) is 0 Å². The van der Waals surface area contributed by atoms with Gasteiger partial charge < -0.3 is 4.74 Å². The molecule has 0 saturated heterocycles. The second kappa shape index (κ2) is 8.48. The van der Waals surface area contributed by atoms with Gasteiger partial charge in [-0.15, -0.1) is 0 Å². The minimum absolute atomic E-state index is 0.127. The van der Waals surface area contributed by atoms with E-state index in [2.05, 4.69) is 27.7 Å². The zero-order valence-electron chi connectivity index (χ0n) is 21.9. The van der Waals surface area contributed by atoms with E-state index in [0.29, 0.717) is 25.0 Å². The largest absolute Gasteiger partial charge is 0.461 e. The van der Waals surface area contributed by atoms with Gasteiger partial charge in [-0.05, 0) is 101 Å². The summed E-state index contributed by atoms with van der Waals surface area (Å²) in [4.78, 5) is 39.4. The van der Waals surface area contributed by atoms with Crippen LogP contribution in [0.15, 0.2) is 0 Å². The van der Waals surface area contributed by atoms with Gasteiger partial charge in [-0.3, -0.25) is 14.4 Å². The highest BCUT2D eigenvalue weighted by Gasteiger charge is 2.61. The van der Waals surface area contributed by atoms with Gasteiger partial charge in [0.2, 0.25) is 0 Å². The molecular formula is C29H46O4. The van der Waals surface area contributed by atoms with Crippen molar-refractivity contribution in [2.24, 2.45) is 39.4 Å². The molecule has 186 valence electrons. The standard InChI is InChI=1S/C29H46O4/c1-7-28(6,18-26(2,3)25(32)33-23-10-8-9-22(30)14-23)24(31)27(4,5)29-15-19-11-20(16-29)13-21(12-19)17-29/h19-21,23H,7-18H2,1-6H3. The highest BCUT2D eigenvalue weighted by molar-refractivity contribution is 5.91. The molecule has 2 unspecified atom stereocenters. The number of esters is 1. The second-order valence-corrected chi connectivity index (χ2v) is 13.8. The maximum Gasteiger partial charge on any atom is 0.311 e. The smallest absolute Gasteiger partial charge is 0.311 e. The lowest BCUT2D eigenvalue weighted by atomic mass is 9.41. The Bertz CT molecular complexity index is 771. The lowest BCUT2D eigenvalue weighted by molar-refractivity contribution is -0.170. The molecule has 4 nitrogen and oxygen atoms in total. The molecule has 5 fully saturated rings. The molecule has 0 heterocycles. The van der Waals surface area contributed by atoms with Crippen molar-refractivity contribution >= 4 is 17.5 Å². The van der Waals surface area contributed by atoms with Crippen LogP contribution in [0.25, 0.3) is 0 Å². The predicted octanol–water partition coefficient (Wildman–Crippen LogP) is 6.69. The number of ether oxygens (including phenoxy) is 1. The number of rotatable bonds is 8. The molecular weight excluding hydrogens is 412 g/mol. The van der Waals surface area contributed by atoms with Crippen LogP contribution in [0.1, 0.15) is 119 Å². The van der Waals surface area contributed by atoms with Crippen LogP contribution < -0.4 is 0 Å². The number of Topliss-reactive ketones (excluding diaryl/α,β-unsaturated/α-hetero) is 2. The Morgan fingerprint density at radius 1 is 0.970 bits per heavy atom. The first-order chi connectivity index (χ1) is 15.3. The summed E-state index contributed by atoms with van der Waals surface area (Å²) in [5.41, 5.74) is -1.60. The van der Waals surface area contributed by atoms with E-state index >= 15 is 0 Å². The third-order valence-electron chi connectivity index (χ3n) is 10.4. The topological polar surface area (TPSA) is 60.4 Å². The summed E-state index contributed by atoms with van der Waals surface area (Å²) in [5.74, 6) is 2.68. The molecule has 2 atom stereocenters. The van der Waals surface area contributed by atoms with Crippen molar-refractivity contribution in [1.82, 2.24) is 0 Å². The summed E-state index contributed by atoms with van der Waals surface area (Å²) >= 11 is 0. The summed E-state index contributed by atoms with van der Waals surface area (Å²) in [5, 5.41) is 0. The quantitative estimate of drug-likeness (QED) is 0.380. The fourth-order valence-corrected chi connectivity index (χ4v) is 8.68. The van der Waals surface area contributed by atoms with Gasteiger partial charge in [0.1, 0.15) is 17.7 Å². The van der Waals surface area contributed by atoms with Crippen molar-refractivity contribution in [2.75, 3.05) is 0 Å². The summed E-state index contributed by atoms with van der Waals surface area (Å²) in [6, 6.07) is 0. The minimum Gasteiger partial charge on any atom is -0.461 e. The van der Waals surface area contributed by atoms with E-state index in [9.17, 15) is 14.4 Å². The van der Waals surface area contributed by atoms with Crippen LogP contribution in [-0.4, -0.2) is 23.6 Å². The molecule has 0 aromatic rings. The fraction of sp³-hybridized carbons (Fsp3) is 0.897. The van der Waals surface area contributed by atoms with Crippen LogP contribution in [-0.2, 0) is 19.1 Å². The van der Waals surface area contributed by atoms with Crippen molar-refractivity contribution in [2.45, 2.75) is 125 Å². The third-order valence-corrected chi connectivity index (χ3v) is 10.4. The molecule has 33 heavy (non-hydrogen) atoms. The van der Waals surface area contributed by atoms with Crippen LogP contribution >= 0.6 is 0 Å². The van der Waals surface area contributed by atoms with Gasteiger partial charge in [-0.25, -0.2) is 0 Å². The Balaban J connectivity index is 1.50. The Labute approximate surface area is 201 Å². The fourth-order valence-electron chi connectivity index (χ4n) is 8.68. The molecule has 5 saturated carbocycles. The van der Waals surface area contributed by atoms with Gasteiger partial charge in [-0.2, -0.15) is 0 Å². The number of carbonyl (C=O) groups excluding carboxylic acids is 3. The predicted molar refractivity (Wildman–Crippen MR) is 130 cm³/mol. The molecule has 0 aliphatic heterocycles. The molecule has 0 aromatic carbocycles. The highest BCUT2D eigenvalue weighted by Crippen LogP contribution is 2.67. The molecule has 5 rings (SSSR count). The van der Waals surface area contributed by atoms with E-state index in [0.717, 1.165) is 37.0 Å². The number of ketones is 2. The van der Waals surface area contributed by atoms with Crippen molar-refractivity contribution in [3.8, 4) is 0 Å². The molecule has 0 N–H and O–H groups in total. The monoisotopic (exact) mass is 458 g/mol. The van der Waals surface area contributed by atoms with Crippen molar-refractivity contribution in [3.63, 3.8) is 0 Å². The average molecular weight is 459 g/mol. The van der Waals surface area contributed by atoms with Gasteiger partial charge >= 0.3 is 5.97 Å². The van der Waals surface area contributed by atoms with Gasteiger partial charge in [0.25, 0.3) is 0 Å². The van der Waals surface area contributed by atoms with Gasteiger partial charge in [0.15, 0.2) is 0 Å². The highest BCUT2D eigenvalue weighted by atomic mass is 16.5. The van der Waals surface area contributed by atoms with E-state index in [4.69, 9.17) is 4.74 Å². The van der Waals surface area contributed by atoms with Crippen LogP contribution in [0.3, 0.4) is 0 Å². The Morgan fingerprint density at radius 2 is 1.52 bits per heavy atom. The van der Waals surface area contributed by atoms with E-state index < -0.39 is 10.8 Å². The molecule has 0 spiro atoms. The minimum atomic E-state index is -0.765. The molecule has 0 amide bonds. The summed E-state index contributed by atoms with van der Waals surface area (Å²) in [6.07, 6.45) is 11.1. The zero-order chi connectivity index (χ0) is 24.2. The normalized spacial score (nSPS) is 35.9. The number of hydrogen-bond donors (Lipinski definition) is 0. The van der Waals surface area contributed by atoms with E-state index in [1.807, 2.05) is 13.8 Å². The zero-order valence-corrected chi connectivity index (χ0v) is 21.9. The van der Waals surface area contributed by atoms with Crippen molar-refractivity contribution in [3.05, 3.63) is 0 Å². The summed E-state index contributed by atoms with van der Waals surface area (Å²) in [7, 11) is 0. The Kier molecular flexibility index (Phi) is 6.41. The maximum absolute atomic E-state index is 14.4.